The maximum atomic E-state index is 4.68. The van der Waals surface area contributed by atoms with Crippen LogP contribution in [0.15, 0.2) is 40.7 Å². The van der Waals surface area contributed by atoms with E-state index in [1.54, 1.807) is 11.3 Å². The molecule has 2 aromatic rings. The van der Waals surface area contributed by atoms with Crippen molar-refractivity contribution in [2.45, 2.75) is 33.7 Å². The van der Waals surface area contributed by atoms with Gasteiger partial charge in [-0.2, -0.15) is 0 Å². The molecular formula is C18H26N4S. The fourth-order valence-corrected chi connectivity index (χ4v) is 2.89. The van der Waals surface area contributed by atoms with Gasteiger partial charge in [-0.3, -0.25) is 0 Å². The van der Waals surface area contributed by atoms with Gasteiger partial charge in [0.15, 0.2) is 5.96 Å². The Balaban J connectivity index is 1.95. The maximum Gasteiger partial charge on any atom is 0.191 e. The highest BCUT2D eigenvalue weighted by atomic mass is 32.1. The Bertz CT molecular complexity index is 604. The molecule has 0 bridgehead atoms. The molecule has 2 N–H and O–H groups in total. The van der Waals surface area contributed by atoms with E-state index in [1.165, 1.54) is 0 Å². The Kier molecular flexibility index (Phi) is 7.07. The van der Waals surface area contributed by atoms with Gasteiger partial charge in [0.05, 0.1) is 12.2 Å². The van der Waals surface area contributed by atoms with Crippen molar-refractivity contribution in [3.63, 3.8) is 0 Å². The van der Waals surface area contributed by atoms with Crippen molar-refractivity contribution in [1.29, 1.82) is 0 Å². The minimum absolute atomic E-state index is 0.598. The Morgan fingerprint density at radius 3 is 2.70 bits per heavy atom. The number of aromatic nitrogens is 1. The smallest absolute Gasteiger partial charge is 0.191 e. The molecule has 0 atom stereocenters. The first-order valence-electron chi connectivity index (χ1n) is 8.21. The number of hydrogen-bond acceptors (Lipinski definition) is 3. The number of hydrogen-bond donors (Lipinski definition) is 2. The molecule has 0 saturated carbocycles. The molecular weight excluding hydrogens is 304 g/mol. The topological polar surface area (TPSA) is 49.3 Å². The summed E-state index contributed by atoms with van der Waals surface area (Å²) < 4.78 is 0. The summed E-state index contributed by atoms with van der Waals surface area (Å²) in [7, 11) is 0. The van der Waals surface area contributed by atoms with Gasteiger partial charge < -0.3 is 10.6 Å². The molecule has 0 aliphatic heterocycles. The molecule has 5 heteroatoms. The molecule has 0 radical (unpaired) electrons. The van der Waals surface area contributed by atoms with Crippen molar-refractivity contribution in [2.24, 2.45) is 10.9 Å². The predicted octanol–water partition coefficient (Wildman–Crippen LogP) is 3.91. The Morgan fingerprint density at radius 1 is 1.22 bits per heavy atom. The standard InChI is InChI=1S/C18H26N4S/c1-4-19-18(20-11-10-14(2)3)21-12-16-13-23-17(22-16)15-8-6-5-7-9-15/h5-9,13-14H,4,10-12H2,1-3H3,(H2,19,20,21). The van der Waals surface area contributed by atoms with Crippen LogP contribution in [0.2, 0.25) is 0 Å². The van der Waals surface area contributed by atoms with Crippen LogP contribution in [0.5, 0.6) is 0 Å². The SMILES string of the molecule is CCNC(=NCc1csc(-c2ccccc2)n1)NCCC(C)C. The third kappa shape index (κ3) is 6.02. The third-order valence-corrected chi connectivity index (χ3v) is 4.27. The molecule has 0 amide bonds. The van der Waals surface area contributed by atoms with Gasteiger partial charge in [0.25, 0.3) is 0 Å². The van der Waals surface area contributed by atoms with E-state index in [9.17, 15) is 0 Å². The Hall–Kier alpha value is -1.88. The highest BCUT2D eigenvalue weighted by Gasteiger charge is 2.04. The van der Waals surface area contributed by atoms with Crippen LogP contribution in [0.3, 0.4) is 0 Å². The summed E-state index contributed by atoms with van der Waals surface area (Å²) in [5.74, 6) is 1.56. The van der Waals surface area contributed by atoms with E-state index in [4.69, 9.17) is 0 Å². The van der Waals surface area contributed by atoms with Crippen LogP contribution >= 0.6 is 11.3 Å². The molecule has 0 fully saturated rings. The van der Waals surface area contributed by atoms with E-state index in [2.05, 4.69) is 58.9 Å². The molecule has 2 rings (SSSR count). The van der Waals surface area contributed by atoms with Crippen molar-refractivity contribution in [1.82, 2.24) is 15.6 Å². The zero-order chi connectivity index (χ0) is 16.5. The van der Waals surface area contributed by atoms with Gasteiger partial charge in [0.2, 0.25) is 0 Å². The number of guanidine groups is 1. The van der Waals surface area contributed by atoms with E-state index >= 15 is 0 Å². The summed E-state index contributed by atoms with van der Waals surface area (Å²) in [6, 6.07) is 10.3. The maximum absolute atomic E-state index is 4.68. The molecule has 1 heterocycles. The van der Waals surface area contributed by atoms with Crippen molar-refractivity contribution in [3.8, 4) is 10.6 Å². The lowest BCUT2D eigenvalue weighted by molar-refractivity contribution is 0.573. The van der Waals surface area contributed by atoms with Crippen molar-refractivity contribution in [2.75, 3.05) is 13.1 Å². The van der Waals surface area contributed by atoms with Gasteiger partial charge in [-0.05, 0) is 19.3 Å². The molecule has 23 heavy (non-hydrogen) atoms. The van der Waals surface area contributed by atoms with Crippen molar-refractivity contribution >= 4 is 17.3 Å². The molecule has 124 valence electrons. The lowest BCUT2D eigenvalue weighted by atomic mass is 10.1. The van der Waals surface area contributed by atoms with Gasteiger partial charge >= 0.3 is 0 Å². The van der Waals surface area contributed by atoms with Crippen LogP contribution in [0, 0.1) is 5.92 Å². The fraction of sp³-hybridized carbons (Fsp3) is 0.444. The first-order valence-corrected chi connectivity index (χ1v) is 9.09. The summed E-state index contributed by atoms with van der Waals surface area (Å²) in [5.41, 5.74) is 2.17. The third-order valence-electron chi connectivity index (χ3n) is 3.33. The zero-order valence-corrected chi connectivity index (χ0v) is 15.0. The lowest BCUT2D eigenvalue weighted by Gasteiger charge is -2.11. The minimum Gasteiger partial charge on any atom is -0.357 e. The number of rotatable bonds is 7. The molecule has 0 unspecified atom stereocenters. The number of nitrogens with one attached hydrogen (secondary N) is 2. The number of nitrogens with zero attached hydrogens (tertiary/aromatic N) is 2. The number of aliphatic imine (C=N–C) groups is 1. The predicted molar refractivity (Wildman–Crippen MR) is 99.8 cm³/mol. The second-order valence-corrected chi connectivity index (χ2v) is 6.67. The van der Waals surface area contributed by atoms with E-state index < -0.39 is 0 Å². The van der Waals surface area contributed by atoms with Gasteiger partial charge in [-0.15, -0.1) is 11.3 Å². The quantitative estimate of drug-likeness (QED) is 0.598. The van der Waals surface area contributed by atoms with Crippen LogP contribution < -0.4 is 10.6 Å². The van der Waals surface area contributed by atoms with Gasteiger partial charge in [0, 0.05) is 24.0 Å². The highest BCUT2D eigenvalue weighted by molar-refractivity contribution is 7.13. The second-order valence-electron chi connectivity index (χ2n) is 5.81. The monoisotopic (exact) mass is 330 g/mol. The average molecular weight is 331 g/mol. The Morgan fingerprint density at radius 2 is 2.00 bits per heavy atom. The highest BCUT2D eigenvalue weighted by Crippen LogP contribution is 2.23. The summed E-state index contributed by atoms with van der Waals surface area (Å²) in [6.45, 7) is 8.93. The first kappa shape index (κ1) is 17.5. The number of benzene rings is 1. The molecule has 1 aromatic carbocycles. The van der Waals surface area contributed by atoms with Gasteiger partial charge in [-0.25, -0.2) is 9.98 Å². The molecule has 0 spiro atoms. The van der Waals surface area contributed by atoms with E-state index in [0.29, 0.717) is 12.5 Å². The summed E-state index contributed by atoms with van der Waals surface area (Å²) in [5, 5.41) is 9.79. The summed E-state index contributed by atoms with van der Waals surface area (Å²) in [6.07, 6.45) is 1.14. The van der Waals surface area contributed by atoms with Crippen molar-refractivity contribution in [3.05, 3.63) is 41.4 Å². The van der Waals surface area contributed by atoms with Crippen LogP contribution in [0.1, 0.15) is 32.9 Å². The second kappa shape index (κ2) is 9.30. The van der Waals surface area contributed by atoms with E-state index in [1.807, 2.05) is 18.2 Å². The van der Waals surface area contributed by atoms with Gasteiger partial charge in [-0.1, -0.05) is 44.2 Å². The van der Waals surface area contributed by atoms with Crippen LogP contribution in [-0.2, 0) is 6.54 Å². The zero-order valence-electron chi connectivity index (χ0n) is 14.2. The molecule has 1 aromatic heterocycles. The molecule has 0 saturated heterocycles. The molecule has 4 nitrogen and oxygen atoms in total. The van der Waals surface area contributed by atoms with Crippen LogP contribution in [0.4, 0.5) is 0 Å². The van der Waals surface area contributed by atoms with E-state index in [-0.39, 0.29) is 0 Å². The minimum atomic E-state index is 0.598. The molecule has 0 aliphatic carbocycles. The Labute approximate surface area is 143 Å². The van der Waals surface area contributed by atoms with Crippen LogP contribution in [-0.4, -0.2) is 24.0 Å². The van der Waals surface area contributed by atoms with Gasteiger partial charge in [0.1, 0.15) is 5.01 Å². The lowest BCUT2D eigenvalue weighted by Crippen LogP contribution is -2.38. The summed E-state index contributed by atoms with van der Waals surface area (Å²) >= 11 is 1.67. The normalized spacial score (nSPS) is 11.7. The average Bonchev–Trinajstić information content (AvgIpc) is 3.02. The largest absolute Gasteiger partial charge is 0.357 e. The van der Waals surface area contributed by atoms with E-state index in [0.717, 1.165) is 41.7 Å². The number of thiazole rings is 1. The molecule has 0 aliphatic rings. The van der Waals surface area contributed by atoms with Crippen LogP contribution in [0.25, 0.3) is 10.6 Å². The first-order chi connectivity index (χ1) is 11.2. The summed E-state index contributed by atoms with van der Waals surface area (Å²) in [4.78, 5) is 9.30. The fourth-order valence-electron chi connectivity index (χ4n) is 2.07. The van der Waals surface area contributed by atoms with Crippen molar-refractivity contribution < 1.29 is 0 Å².